The number of nitrogens with zero attached hydrogens (tertiary/aromatic N) is 2. The minimum absolute atomic E-state index is 0.410. The molecule has 96 valence electrons. The number of rotatable bonds is 4. The van der Waals surface area contributed by atoms with E-state index in [0.29, 0.717) is 24.3 Å². The van der Waals surface area contributed by atoms with Gasteiger partial charge in [-0.3, -0.25) is 0 Å². The summed E-state index contributed by atoms with van der Waals surface area (Å²) >= 11 is 0. The average Bonchev–Trinajstić information content (AvgIpc) is 2.78. The summed E-state index contributed by atoms with van der Waals surface area (Å²) in [5.74, 6) is 1.29. The van der Waals surface area contributed by atoms with E-state index in [4.69, 9.17) is 4.52 Å². The van der Waals surface area contributed by atoms with E-state index in [2.05, 4.69) is 49.2 Å². The first-order valence-electron chi connectivity index (χ1n) is 6.20. The topological polar surface area (TPSA) is 51.0 Å². The van der Waals surface area contributed by atoms with Gasteiger partial charge in [0, 0.05) is 11.6 Å². The Morgan fingerprint density at radius 2 is 2.06 bits per heavy atom. The summed E-state index contributed by atoms with van der Waals surface area (Å²) < 4.78 is 5.32. The predicted octanol–water partition coefficient (Wildman–Crippen LogP) is 2.85. The van der Waals surface area contributed by atoms with Crippen LogP contribution in [0.3, 0.4) is 0 Å². The lowest BCUT2D eigenvalue weighted by Crippen LogP contribution is -2.22. The van der Waals surface area contributed by atoms with Crippen molar-refractivity contribution >= 4 is 0 Å². The maximum Gasteiger partial charge on any atom is 0.258 e. The first-order valence-corrected chi connectivity index (χ1v) is 6.20. The number of hydrogen-bond donors (Lipinski definition) is 1. The summed E-state index contributed by atoms with van der Waals surface area (Å²) in [5, 5.41) is 7.25. The Hall–Kier alpha value is -1.68. The van der Waals surface area contributed by atoms with Gasteiger partial charge in [0.1, 0.15) is 0 Å². The summed E-state index contributed by atoms with van der Waals surface area (Å²) in [6.07, 6.45) is 0. The molecule has 0 spiro atoms. The highest BCUT2D eigenvalue weighted by Gasteiger charge is 2.11. The van der Waals surface area contributed by atoms with Gasteiger partial charge in [-0.05, 0) is 31.0 Å². The molecular weight excluding hydrogens is 226 g/mol. The lowest BCUT2D eigenvalue weighted by Gasteiger charge is -2.04. The van der Waals surface area contributed by atoms with Gasteiger partial charge in [0.15, 0.2) is 5.82 Å². The molecule has 0 aliphatic rings. The molecule has 4 heteroatoms. The van der Waals surface area contributed by atoms with Gasteiger partial charge in [0.05, 0.1) is 6.54 Å². The number of benzene rings is 1. The highest BCUT2D eigenvalue weighted by molar-refractivity contribution is 5.59. The van der Waals surface area contributed by atoms with E-state index in [1.165, 1.54) is 11.1 Å². The molecule has 18 heavy (non-hydrogen) atoms. The third kappa shape index (κ3) is 2.76. The Balaban J connectivity index is 2.21. The van der Waals surface area contributed by atoms with Crippen molar-refractivity contribution in [1.82, 2.24) is 15.5 Å². The zero-order valence-corrected chi connectivity index (χ0v) is 11.3. The van der Waals surface area contributed by atoms with Crippen molar-refractivity contribution in [3.8, 4) is 11.5 Å². The van der Waals surface area contributed by atoms with Crippen LogP contribution in [0.2, 0.25) is 0 Å². The normalized spacial score (nSPS) is 11.2. The standard InChI is InChI=1S/C14H19N3O/c1-9(2)15-8-13-16-14(18-17-13)12-7-5-6-10(3)11(12)4/h5-7,9,15H,8H2,1-4H3. The van der Waals surface area contributed by atoms with Crippen LogP contribution in [0.4, 0.5) is 0 Å². The number of nitrogens with one attached hydrogen (secondary N) is 1. The number of hydrogen-bond acceptors (Lipinski definition) is 4. The Bertz CT molecular complexity index is 532. The lowest BCUT2D eigenvalue weighted by molar-refractivity contribution is 0.417. The summed E-state index contributed by atoms with van der Waals surface area (Å²) in [5.41, 5.74) is 3.43. The van der Waals surface area contributed by atoms with Crippen molar-refractivity contribution in [3.63, 3.8) is 0 Å². The van der Waals surface area contributed by atoms with Crippen molar-refractivity contribution in [2.45, 2.75) is 40.3 Å². The summed E-state index contributed by atoms with van der Waals surface area (Å²) in [6.45, 7) is 8.96. The minimum atomic E-state index is 0.410. The zero-order valence-electron chi connectivity index (χ0n) is 11.3. The van der Waals surface area contributed by atoms with Crippen molar-refractivity contribution in [2.75, 3.05) is 0 Å². The molecule has 0 aliphatic carbocycles. The second-order valence-electron chi connectivity index (χ2n) is 4.80. The van der Waals surface area contributed by atoms with Crippen molar-refractivity contribution in [3.05, 3.63) is 35.2 Å². The van der Waals surface area contributed by atoms with Crippen LogP contribution in [-0.4, -0.2) is 16.2 Å². The molecule has 2 aromatic rings. The number of aryl methyl sites for hydroxylation is 1. The highest BCUT2D eigenvalue weighted by atomic mass is 16.5. The molecule has 0 amide bonds. The molecule has 0 bridgehead atoms. The second kappa shape index (κ2) is 5.31. The fraction of sp³-hybridized carbons (Fsp3) is 0.429. The van der Waals surface area contributed by atoms with Crippen LogP contribution in [0.25, 0.3) is 11.5 Å². The second-order valence-corrected chi connectivity index (χ2v) is 4.80. The molecule has 2 rings (SSSR count). The molecule has 1 heterocycles. The Labute approximate surface area is 107 Å². The number of aromatic nitrogens is 2. The van der Waals surface area contributed by atoms with Gasteiger partial charge in [0.2, 0.25) is 0 Å². The summed E-state index contributed by atoms with van der Waals surface area (Å²) in [7, 11) is 0. The zero-order chi connectivity index (χ0) is 13.1. The SMILES string of the molecule is Cc1cccc(-c2nc(CNC(C)C)no2)c1C. The average molecular weight is 245 g/mol. The fourth-order valence-corrected chi connectivity index (χ4v) is 1.71. The van der Waals surface area contributed by atoms with Crippen molar-refractivity contribution < 1.29 is 4.52 Å². The van der Waals surface area contributed by atoms with E-state index < -0.39 is 0 Å². The molecule has 0 unspecified atom stereocenters. The maximum atomic E-state index is 5.32. The molecule has 0 atom stereocenters. The first-order chi connectivity index (χ1) is 8.58. The molecule has 0 fully saturated rings. The molecular formula is C14H19N3O. The molecule has 0 saturated heterocycles. The minimum Gasteiger partial charge on any atom is -0.334 e. The summed E-state index contributed by atoms with van der Waals surface area (Å²) in [4.78, 5) is 4.41. The first kappa shape index (κ1) is 12.8. The van der Waals surface area contributed by atoms with Gasteiger partial charge < -0.3 is 9.84 Å². The van der Waals surface area contributed by atoms with E-state index in [1.54, 1.807) is 0 Å². The molecule has 0 aliphatic heterocycles. The van der Waals surface area contributed by atoms with Gasteiger partial charge in [-0.25, -0.2) is 0 Å². The van der Waals surface area contributed by atoms with Gasteiger partial charge in [-0.15, -0.1) is 0 Å². The Morgan fingerprint density at radius 3 is 2.78 bits per heavy atom. The van der Waals surface area contributed by atoms with Crippen LogP contribution in [0.15, 0.2) is 22.7 Å². The third-order valence-corrected chi connectivity index (χ3v) is 2.97. The molecule has 4 nitrogen and oxygen atoms in total. The van der Waals surface area contributed by atoms with Gasteiger partial charge in [0.25, 0.3) is 5.89 Å². The molecule has 0 radical (unpaired) electrons. The molecule has 1 aromatic carbocycles. The Morgan fingerprint density at radius 1 is 1.28 bits per heavy atom. The molecule has 1 aromatic heterocycles. The van der Waals surface area contributed by atoms with E-state index >= 15 is 0 Å². The van der Waals surface area contributed by atoms with Crippen LogP contribution in [0.1, 0.15) is 30.8 Å². The predicted molar refractivity (Wildman–Crippen MR) is 71.2 cm³/mol. The smallest absolute Gasteiger partial charge is 0.258 e. The quantitative estimate of drug-likeness (QED) is 0.900. The van der Waals surface area contributed by atoms with Crippen LogP contribution in [-0.2, 0) is 6.54 Å². The van der Waals surface area contributed by atoms with Crippen molar-refractivity contribution in [1.29, 1.82) is 0 Å². The van der Waals surface area contributed by atoms with E-state index in [1.807, 2.05) is 12.1 Å². The third-order valence-electron chi connectivity index (χ3n) is 2.97. The van der Waals surface area contributed by atoms with E-state index in [-0.39, 0.29) is 0 Å². The monoisotopic (exact) mass is 245 g/mol. The van der Waals surface area contributed by atoms with Crippen LogP contribution >= 0.6 is 0 Å². The van der Waals surface area contributed by atoms with Gasteiger partial charge in [-0.1, -0.05) is 31.1 Å². The van der Waals surface area contributed by atoms with Crippen LogP contribution in [0, 0.1) is 13.8 Å². The highest BCUT2D eigenvalue weighted by Crippen LogP contribution is 2.23. The Kier molecular flexibility index (Phi) is 3.77. The van der Waals surface area contributed by atoms with Crippen molar-refractivity contribution in [2.24, 2.45) is 0 Å². The fourth-order valence-electron chi connectivity index (χ4n) is 1.71. The summed E-state index contributed by atoms with van der Waals surface area (Å²) in [6, 6.07) is 6.51. The molecule has 1 N–H and O–H groups in total. The largest absolute Gasteiger partial charge is 0.334 e. The maximum absolute atomic E-state index is 5.32. The van der Waals surface area contributed by atoms with Gasteiger partial charge in [-0.2, -0.15) is 4.98 Å². The van der Waals surface area contributed by atoms with Crippen LogP contribution in [0.5, 0.6) is 0 Å². The van der Waals surface area contributed by atoms with E-state index in [0.717, 1.165) is 5.56 Å². The van der Waals surface area contributed by atoms with E-state index in [9.17, 15) is 0 Å². The van der Waals surface area contributed by atoms with Gasteiger partial charge >= 0.3 is 0 Å². The lowest BCUT2D eigenvalue weighted by atomic mass is 10.0. The van der Waals surface area contributed by atoms with Crippen LogP contribution < -0.4 is 5.32 Å². The molecule has 0 saturated carbocycles.